The van der Waals surface area contributed by atoms with Crippen molar-refractivity contribution in [1.82, 2.24) is 0 Å². The third-order valence-electron chi connectivity index (χ3n) is 1.56. The Morgan fingerprint density at radius 3 is 2.00 bits per heavy atom. The van der Waals surface area contributed by atoms with Gasteiger partial charge in [0.1, 0.15) is 12.2 Å². The maximum atomic E-state index is 11.2. The molecule has 12 heavy (non-hydrogen) atoms. The van der Waals surface area contributed by atoms with Gasteiger partial charge in [-0.3, -0.25) is 4.79 Å². The highest BCUT2D eigenvalue weighted by Gasteiger charge is 2.32. The van der Waals surface area contributed by atoms with Gasteiger partial charge in [0.25, 0.3) is 0 Å². The van der Waals surface area contributed by atoms with E-state index >= 15 is 0 Å². The highest BCUT2D eigenvalue weighted by molar-refractivity contribution is 5.88. The molecule has 0 radical (unpaired) electrons. The summed E-state index contributed by atoms with van der Waals surface area (Å²) in [7, 11) is 0. The van der Waals surface area contributed by atoms with Crippen LogP contribution >= 0.6 is 0 Å². The van der Waals surface area contributed by atoms with Crippen molar-refractivity contribution in [1.29, 1.82) is 0 Å². The number of carbonyl (C=O) groups excluding carboxylic acids is 1. The van der Waals surface area contributed by atoms with E-state index in [0.717, 1.165) is 0 Å². The summed E-state index contributed by atoms with van der Waals surface area (Å²) in [6, 6.07) is 0. The van der Waals surface area contributed by atoms with Crippen LogP contribution in [0.15, 0.2) is 0 Å². The van der Waals surface area contributed by atoms with Gasteiger partial charge in [0.05, 0.1) is 6.61 Å². The molecule has 0 spiro atoms. The summed E-state index contributed by atoms with van der Waals surface area (Å²) < 4.78 is 0. The fraction of sp³-hybridized carbons (Fsp3) is 0.875. The van der Waals surface area contributed by atoms with Crippen molar-refractivity contribution in [3.8, 4) is 0 Å². The van der Waals surface area contributed by atoms with E-state index in [9.17, 15) is 4.79 Å². The van der Waals surface area contributed by atoms with Crippen LogP contribution in [0.3, 0.4) is 0 Å². The standard InChI is InChI=1S/C8H16O4/c1-8(2,3)7(12)6(11)5(10)4-9/h5-6,9-11H,4H2,1-3H3. The van der Waals surface area contributed by atoms with Crippen molar-refractivity contribution < 1.29 is 20.1 Å². The van der Waals surface area contributed by atoms with Crippen LogP contribution in [0.5, 0.6) is 0 Å². The zero-order chi connectivity index (χ0) is 9.94. The number of hydrogen-bond acceptors (Lipinski definition) is 4. The summed E-state index contributed by atoms with van der Waals surface area (Å²) in [5.74, 6) is -0.468. The average molecular weight is 176 g/mol. The van der Waals surface area contributed by atoms with Gasteiger partial charge in [-0.05, 0) is 0 Å². The summed E-state index contributed by atoms with van der Waals surface area (Å²) in [4.78, 5) is 11.2. The fourth-order valence-corrected chi connectivity index (χ4v) is 0.718. The summed E-state index contributed by atoms with van der Waals surface area (Å²) in [6.45, 7) is 4.32. The minimum atomic E-state index is -1.49. The number of Topliss-reactive ketones (excluding diaryl/α,β-unsaturated/α-hetero) is 1. The first-order valence-corrected chi connectivity index (χ1v) is 3.82. The number of aliphatic hydroxyl groups excluding tert-OH is 3. The minimum absolute atomic E-state index is 0.468. The summed E-state index contributed by atoms with van der Waals surface area (Å²) in [5, 5.41) is 26.6. The van der Waals surface area contributed by atoms with Gasteiger partial charge in [-0.15, -0.1) is 0 Å². The minimum Gasteiger partial charge on any atom is -0.394 e. The van der Waals surface area contributed by atoms with Gasteiger partial charge in [-0.1, -0.05) is 20.8 Å². The lowest BCUT2D eigenvalue weighted by Crippen LogP contribution is -2.42. The largest absolute Gasteiger partial charge is 0.394 e. The highest BCUT2D eigenvalue weighted by Crippen LogP contribution is 2.17. The second-order valence-electron chi connectivity index (χ2n) is 3.81. The van der Waals surface area contributed by atoms with E-state index < -0.39 is 30.0 Å². The quantitative estimate of drug-likeness (QED) is 0.532. The third-order valence-corrected chi connectivity index (χ3v) is 1.56. The molecule has 2 unspecified atom stereocenters. The van der Waals surface area contributed by atoms with Gasteiger partial charge in [-0.2, -0.15) is 0 Å². The van der Waals surface area contributed by atoms with Gasteiger partial charge < -0.3 is 15.3 Å². The fourth-order valence-electron chi connectivity index (χ4n) is 0.718. The van der Waals surface area contributed by atoms with Gasteiger partial charge >= 0.3 is 0 Å². The average Bonchev–Trinajstić information content (AvgIpc) is 1.98. The Morgan fingerprint density at radius 2 is 1.75 bits per heavy atom. The van der Waals surface area contributed by atoms with E-state index in [1.807, 2.05) is 0 Å². The van der Waals surface area contributed by atoms with Crippen molar-refractivity contribution >= 4 is 5.78 Å². The first-order valence-electron chi connectivity index (χ1n) is 3.82. The van der Waals surface area contributed by atoms with Crippen LogP contribution < -0.4 is 0 Å². The predicted molar refractivity (Wildman–Crippen MR) is 43.6 cm³/mol. The van der Waals surface area contributed by atoms with Crippen molar-refractivity contribution in [2.75, 3.05) is 6.61 Å². The van der Waals surface area contributed by atoms with Crippen LogP contribution in [0.4, 0.5) is 0 Å². The number of hydrogen-bond donors (Lipinski definition) is 3. The van der Waals surface area contributed by atoms with E-state index in [-0.39, 0.29) is 0 Å². The molecule has 0 heterocycles. The van der Waals surface area contributed by atoms with Crippen LogP contribution in [-0.2, 0) is 4.79 Å². The van der Waals surface area contributed by atoms with E-state index in [4.69, 9.17) is 15.3 Å². The SMILES string of the molecule is CC(C)(C)C(=O)C(O)C(O)CO. The monoisotopic (exact) mass is 176 g/mol. The Balaban J connectivity index is 4.30. The van der Waals surface area contributed by atoms with Crippen molar-refractivity contribution in [2.45, 2.75) is 33.0 Å². The van der Waals surface area contributed by atoms with Gasteiger partial charge in [-0.25, -0.2) is 0 Å². The van der Waals surface area contributed by atoms with E-state index in [1.54, 1.807) is 20.8 Å². The molecule has 4 heteroatoms. The maximum absolute atomic E-state index is 11.2. The number of rotatable bonds is 3. The lowest BCUT2D eigenvalue weighted by Gasteiger charge is -2.23. The molecule has 0 amide bonds. The Hall–Kier alpha value is -0.450. The molecule has 0 aromatic carbocycles. The molecular formula is C8H16O4. The molecule has 0 aliphatic heterocycles. The second-order valence-corrected chi connectivity index (χ2v) is 3.81. The molecule has 72 valence electrons. The van der Waals surface area contributed by atoms with Gasteiger partial charge in [0.2, 0.25) is 0 Å². The molecule has 0 rings (SSSR count). The first-order chi connectivity index (χ1) is 5.30. The van der Waals surface area contributed by atoms with E-state index in [0.29, 0.717) is 0 Å². The number of ketones is 1. The molecule has 0 saturated carbocycles. The molecule has 0 saturated heterocycles. The lowest BCUT2D eigenvalue weighted by molar-refractivity contribution is -0.142. The van der Waals surface area contributed by atoms with Crippen molar-refractivity contribution in [2.24, 2.45) is 5.41 Å². The molecule has 0 aliphatic carbocycles. The summed E-state index contributed by atoms with van der Waals surface area (Å²) >= 11 is 0. The molecule has 4 nitrogen and oxygen atoms in total. The number of carbonyl (C=O) groups is 1. The lowest BCUT2D eigenvalue weighted by atomic mass is 9.86. The first kappa shape index (κ1) is 11.6. The van der Waals surface area contributed by atoms with Crippen molar-refractivity contribution in [3.05, 3.63) is 0 Å². The topological polar surface area (TPSA) is 77.8 Å². The normalized spacial score (nSPS) is 17.2. The van der Waals surface area contributed by atoms with Crippen LogP contribution in [0.1, 0.15) is 20.8 Å². The third kappa shape index (κ3) is 2.89. The maximum Gasteiger partial charge on any atom is 0.169 e. The van der Waals surface area contributed by atoms with E-state index in [1.165, 1.54) is 0 Å². The Kier molecular flexibility index (Phi) is 3.83. The molecule has 0 aromatic rings. The molecular weight excluding hydrogens is 160 g/mol. The van der Waals surface area contributed by atoms with Crippen molar-refractivity contribution in [3.63, 3.8) is 0 Å². The van der Waals surface area contributed by atoms with Gasteiger partial charge in [0.15, 0.2) is 5.78 Å². The van der Waals surface area contributed by atoms with Crippen LogP contribution in [-0.4, -0.2) is 39.9 Å². The molecule has 0 aromatic heterocycles. The summed E-state index contributed by atoms with van der Waals surface area (Å²) in [5.41, 5.74) is -0.699. The van der Waals surface area contributed by atoms with Crippen LogP contribution in [0.2, 0.25) is 0 Å². The van der Waals surface area contributed by atoms with Crippen LogP contribution in [0.25, 0.3) is 0 Å². The van der Waals surface area contributed by atoms with Crippen LogP contribution in [0, 0.1) is 5.41 Å². The zero-order valence-corrected chi connectivity index (χ0v) is 7.61. The Bertz CT molecular complexity index is 159. The van der Waals surface area contributed by atoms with E-state index in [2.05, 4.69) is 0 Å². The Labute approximate surface area is 71.8 Å². The zero-order valence-electron chi connectivity index (χ0n) is 7.61. The summed E-state index contributed by atoms with van der Waals surface area (Å²) in [6.07, 6.45) is -2.87. The van der Waals surface area contributed by atoms with Gasteiger partial charge in [0, 0.05) is 5.41 Å². The molecule has 0 bridgehead atoms. The molecule has 0 fully saturated rings. The number of aliphatic hydroxyl groups is 3. The second kappa shape index (κ2) is 3.98. The highest BCUT2D eigenvalue weighted by atomic mass is 16.4. The smallest absolute Gasteiger partial charge is 0.169 e. The predicted octanol–water partition coefficient (Wildman–Crippen LogP) is -0.684. The molecule has 2 atom stereocenters. The molecule has 0 aliphatic rings. The molecule has 3 N–H and O–H groups in total. The Morgan fingerprint density at radius 1 is 1.33 bits per heavy atom.